The lowest BCUT2D eigenvalue weighted by Crippen LogP contribution is -2.63. The standard InChI is InChI=1S/C17H24N2O6/c1-21-5-4-18-15-16(20)14(13-8-22-17(15)25-13)19-7-10-2-3-11-12(6-10)24-9-23-11/h2-3,6,13-20H,4-5,7-9H2,1H3/t13-,14-,15-,16+,17-/m1/s1. The summed E-state index contributed by atoms with van der Waals surface area (Å²) in [6, 6.07) is 5.33. The molecule has 8 nitrogen and oxygen atoms in total. The van der Waals surface area contributed by atoms with E-state index in [-0.39, 0.29) is 25.0 Å². The highest BCUT2D eigenvalue weighted by Gasteiger charge is 2.49. The second-order valence-electron chi connectivity index (χ2n) is 6.43. The Kier molecular flexibility index (Phi) is 5.07. The number of methoxy groups -OCH3 is 1. The minimum absolute atomic E-state index is 0.158. The van der Waals surface area contributed by atoms with Crippen LogP contribution in [0.3, 0.4) is 0 Å². The zero-order chi connectivity index (χ0) is 17.2. The number of ether oxygens (including phenoxy) is 5. The van der Waals surface area contributed by atoms with Gasteiger partial charge in [0.15, 0.2) is 17.8 Å². The van der Waals surface area contributed by atoms with E-state index in [0.29, 0.717) is 26.3 Å². The van der Waals surface area contributed by atoms with Gasteiger partial charge in [-0.05, 0) is 17.7 Å². The van der Waals surface area contributed by atoms with Gasteiger partial charge in [0, 0.05) is 20.2 Å². The fourth-order valence-electron chi connectivity index (χ4n) is 3.50. The highest BCUT2D eigenvalue weighted by atomic mass is 16.7. The number of hydrogen-bond acceptors (Lipinski definition) is 8. The number of nitrogens with one attached hydrogen (secondary N) is 2. The predicted octanol–water partition coefficient (Wildman–Crippen LogP) is -0.406. The molecule has 0 saturated carbocycles. The van der Waals surface area contributed by atoms with Gasteiger partial charge in [-0.25, -0.2) is 0 Å². The van der Waals surface area contributed by atoms with Gasteiger partial charge in [0.1, 0.15) is 6.10 Å². The van der Waals surface area contributed by atoms with Gasteiger partial charge < -0.3 is 39.4 Å². The van der Waals surface area contributed by atoms with E-state index in [4.69, 9.17) is 23.7 Å². The molecule has 1 aromatic carbocycles. The van der Waals surface area contributed by atoms with E-state index in [9.17, 15) is 5.11 Å². The SMILES string of the molecule is COCCN[C@H]1[C@@H]2OC[C@@H](O2)[C@@H](NCc2ccc3c(c2)OCO3)[C@@H]1O. The summed E-state index contributed by atoms with van der Waals surface area (Å²) in [5, 5.41) is 17.4. The van der Waals surface area contributed by atoms with Gasteiger partial charge in [0.2, 0.25) is 6.79 Å². The number of aliphatic hydroxyl groups excluding tert-OH is 1. The zero-order valence-electron chi connectivity index (χ0n) is 14.1. The monoisotopic (exact) mass is 352 g/mol. The van der Waals surface area contributed by atoms with Crippen LogP contribution in [0.5, 0.6) is 11.5 Å². The lowest BCUT2D eigenvalue weighted by molar-refractivity contribution is -0.153. The third-order valence-corrected chi connectivity index (χ3v) is 4.83. The Labute approximate surface area is 146 Å². The molecule has 3 aliphatic rings. The molecule has 3 aliphatic heterocycles. The molecular formula is C17H24N2O6. The number of fused-ring (bicyclic) bond motifs is 3. The van der Waals surface area contributed by atoms with E-state index < -0.39 is 12.4 Å². The van der Waals surface area contributed by atoms with Crippen molar-refractivity contribution >= 4 is 0 Å². The zero-order valence-corrected chi connectivity index (χ0v) is 14.1. The lowest BCUT2D eigenvalue weighted by atomic mass is 9.95. The first-order chi connectivity index (χ1) is 12.3. The smallest absolute Gasteiger partial charge is 0.231 e. The fraction of sp³-hybridized carbons (Fsp3) is 0.647. The molecule has 2 fully saturated rings. The third kappa shape index (κ3) is 3.46. The number of rotatable bonds is 7. The third-order valence-electron chi connectivity index (χ3n) is 4.83. The van der Waals surface area contributed by atoms with Crippen LogP contribution in [0, 0.1) is 0 Å². The molecule has 3 N–H and O–H groups in total. The van der Waals surface area contributed by atoms with Gasteiger partial charge in [0.05, 0.1) is 31.4 Å². The van der Waals surface area contributed by atoms with E-state index >= 15 is 0 Å². The number of hydrogen-bond donors (Lipinski definition) is 3. The maximum Gasteiger partial charge on any atom is 0.231 e. The van der Waals surface area contributed by atoms with Crippen molar-refractivity contribution in [3.63, 3.8) is 0 Å². The molecule has 0 aromatic heterocycles. The highest BCUT2D eigenvalue weighted by molar-refractivity contribution is 5.44. The maximum atomic E-state index is 10.8. The maximum absolute atomic E-state index is 10.8. The second-order valence-corrected chi connectivity index (χ2v) is 6.43. The Balaban J connectivity index is 1.39. The Bertz CT molecular complexity index is 601. The van der Waals surface area contributed by atoms with Gasteiger partial charge >= 0.3 is 0 Å². The first kappa shape index (κ1) is 17.0. The molecule has 0 amide bonds. The van der Waals surface area contributed by atoms with Crippen LogP contribution in [0.1, 0.15) is 5.56 Å². The largest absolute Gasteiger partial charge is 0.454 e. The van der Waals surface area contributed by atoms with Crippen molar-refractivity contribution in [1.29, 1.82) is 0 Å². The molecule has 8 heteroatoms. The molecule has 0 aliphatic carbocycles. The molecule has 5 atom stereocenters. The van der Waals surface area contributed by atoms with Gasteiger partial charge in [-0.3, -0.25) is 0 Å². The van der Waals surface area contributed by atoms with E-state index in [0.717, 1.165) is 17.1 Å². The average Bonchev–Trinajstić information content (AvgIpc) is 3.25. The van der Waals surface area contributed by atoms with Crippen LogP contribution in [0.2, 0.25) is 0 Å². The van der Waals surface area contributed by atoms with Crippen molar-refractivity contribution in [1.82, 2.24) is 10.6 Å². The van der Waals surface area contributed by atoms with Gasteiger partial charge in [0.25, 0.3) is 0 Å². The van der Waals surface area contributed by atoms with Crippen LogP contribution in [0.4, 0.5) is 0 Å². The van der Waals surface area contributed by atoms with E-state index in [1.54, 1.807) is 7.11 Å². The molecule has 2 bridgehead atoms. The highest BCUT2D eigenvalue weighted by Crippen LogP contribution is 2.33. The Hall–Kier alpha value is -1.42. The molecule has 2 saturated heterocycles. The molecular weight excluding hydrogens is 328 g/mol. The molecule has 1 aromatic rings. The van der Waals surface area contributed by atoms with Crippen molar-refractivity contribution in [3.05, 3.63) is 23.8 Å². The summed E-state index contributed by atoms with van der Waals surface area (Å²) in [4.78, 5) is 0. The summed E-state index contributed by atoms with van der Waals surface area (Å²) in [7, 11) is 1.65. The quantitative estimate of drug-likeness (QED) is 0.571. The summed E-state index contributed by atoms with van der Waals surface area (Å²) in [5.74, 6) is 1.52. The fourth-order valence-corrected chi connectivity index (χ4v) is 3.50. The minimum atomic E-state index is -0.614. The van der Waals surface area contributed by atoms with Crippen LogP contribution in [0.25, 0.3) is 0 Å². The number of benzene rings is 1. The molecule has 0 spiro atoms. The summed E-state index contributed by atoms with van der Waals surface area (Å²) in [6.07, 6.45) is -1.19. The topological polar surface area (TPSA) is 90.4 Å². The van der Waals surface area contributed by atoms with E-state index in [1.165, 1.54) is 0 Å². The summed E-state index contributed by atoms with van der Waals surface area (Å²) >= 11 is 0. The van der Waals surface area contributed by atoms with Gasteiger partial charge in [-0.15, -0.1) is 0 Å². The molecule has 0 radical (unpaired) electrons. The van der Waals surface area contributed by atoms with Crippen molar-refractivity contribution in [2.24, 2.45) is 0 Å². The Morgan fingerprint density at radius 1 is 1.20 bits per heavy atom. The first-order valence-corrected chi connectivity index (χ1v) is 8.55. The lowest BCUT2D eigenvalue weighted by Gasteiger charge is -2.39. The van der Waals surface area contributed by atoms with Crippen LogP contribution >= 0.6 is 0 Å². The molecule has 3 heterocycles. The predicted molar refractivity (Wildman–Crippen MR) is 87.5 cm³/mol. The van der Waals surface area contributed by atoms with Crippen LogP contribution in [0.15, 0.2) is 18.2 Å². The molecule has 4 rings (SSSR count). The van der Waals surface area contributed by atoms with Crippen LogP contribution in [-0.2, 0) is 20.8 Å². The molecule has 25 heavy (non-hydrogen) atoms. The minimum Gasteiger partial charge on any atom is -0.454 e. The van der Waals surface area contributed by atoms with E-state index in [1.807, 2.05) is 18.2 Å². The van der Waals surface area contributed by atoms with Crippen LogP contribution in [-0.4, -0.2) is 69.3 Å². The van der Waals surface area contributed by atoms with E-state index in [2.05, 4.69) is 10.6 Å². The summed E-state index contributed by atoms with van der Waals surface area (Å²) in [6.45, 7) is 2.52. The van der Waals surface area contributed by atoms with Crippen LogP contribution < -0.4 is 20.1 Å². The molecule has 138 valence electrons. The van der Waals surface area contributed by atoms with Crippen molar-refractivity contribution in [2.45, 2.75) is 37.1 Å². The Morgan fingerprint density at radius 3 is 2.96 bits per heavy atom. The van der Waals surface area contributed by atoms with Crippen molar-refractivity contribution < 1.29 is 28.8 Å². The number of aliphatic hydroxyl groups is 1. The Morgan fingerprint density at radius 2 is 2.08 bits per heavy atom. The summed E-state index contributed by atoms with van der Waals surface area (Å²) in [5.41, 5.74) is 1.06. The first-order valence-electron chi connectivity index (χ1n) is 8.55. The van der Waals surface area contributed by atoms with Crippen molar-refractivity contribution in [2.75, 3.05) is 33.7 Å². The van der Waals surface area contributed by atoms with Gasteiger partial charge in [-0.1, -0.05) is 6.07 Å². The normalized spacial score (nSPS) is 33.0. The van der Waals surface area contributed by atoms with Gasteiger partial charge in [-0.2, -0.15) is 0 Å². The van der Waals surface area contributed by atoms with Crippen molar-refractivity contribution in [3.8, 4) is 11.5 Å². The second kappa shape index (κ2) is 7.45. The summed E-state index contributed by atoms with van der Waals surface area (Å²) < 4.78 is 27.4. The average molecular weight is 352 g/mol. The molecule has 0 unspecified atom stereocenters.